The Hall–Kier alpha value is -1.78. The monoisotopic (exact) mass is 267 g/mol. The summed E-state index contributed by atoms with van der Waals surface area (Å²) in [5.41, 5.74) is 0.0810. The minimum Gasteiger partial charge on any atom is -0.356 e. The molecule has 0 saturated heterocycles. The van der Waals surface area contributed by atoms with Gasteiger partial charge in [0.15, 0.2) is 0 Å². The molecular weight excluding hydrogens is 261 g/mol. The maximum absolute atomic E-state index is 10.3. The van der Waals surface area contributed by atoms with Crippen molar-refractivity contribution in [3.63, 3.8) is 0 Å². The number of nitro groups is 2. The molecule has 0 aromatic heterocycles. The van der Waals surface area contributed by atoms with Gasteiger partial charge in [-0.2, -0.15) is 0 Å². The standard InChI is InChI=1S/C7H6N2O4.NO3.Na/c10-8(11)7(9(12)13)6-4-2-1-3-5-6;2-1(3)4;/h1-5,7H;;/q;-1;+1. The van der Waals surface area contributed by atoms with Gasteiger partial charge < -0.3 is 15.3 Å². The van der Waals surface area contributed by atoms with E-state index < -0.39 is 21.1 Å². The fourth-order valence-electron chi connectivity index (χ4n) is 0.946. The minimum absolute atomic E-state index is 0. The molecule has 0 heterocycles. The van der Waals surface area contributed by atoms with E-state index in [0.717, 1.165) is 0 Å². The Labute approximate surface area is 122 Å². The second kappa shape index (κ2) is 9.27. The van der Waals surface area contributed by atoms with Gasteiger partial charge in [-0.15, -0.1) is 0 Å². The summed E-state index contributed by atoms with van der Waals surface area (Å²) in [7, 11) is 0. The van der Waals surface area contributed by atoms with Crippen LogP contribution in [0.3, 0.4) is 0 Å². The van der Waals surface area contributed by atoms with Crippen LogP contribution in [-0.4, -0.2) is 14.9 Å². The molecule has 0 spiro atoms. The number of hydrogen-bond acceptors (Lipinski definition) is 7. The van der Waals surface area contributed by atoms with Gasteiger partial charge in [0.05, 0.1) is 5.09 Å². The van der Waals surface area contributed by atoms with Crippen molar-refractivity contribution in [2.45, 2.75) is 6.17 Å². The van der Waals surface area contributed by atoms with Crippen LogP contribution in [-0.2, 0) is 0 Å². The second-order valence-corrected chi connectivity index (χ2v) is 2.58. The van der Waals surface area contributed by atoms with Crippen LogP contribution in [0.1, 0.15) is 11.7 Å². The van der Waals surface area contributed by atoms with Crippen LogP contribution in [0.2, 0.25) is 0 Å². The van der Waals surface area contributed by atoms with E-state index >= 15 is 0 Å². The zero-order chi connectivity index (χ0) is 13.4. The smallest absolute Gasteiger partial charge is 0.356 e. The van der Waals surface area contributed by atoms with E-state index in [1.165, 1.54) is 24.3 Å². The molecule has 0 unspecified atom stereocenters. The quantitative estimate of drug-likeness (QED) is 0.265. The first-order valence-corrected chi connectivity index (χ1v) is 3.99. The van der Waals surface area contributed by atoms with Gasteiger partial charge >= 0.3 is 35.7 Å². The Morgan fingerprint density at radius 2 is 1.17 bits per heavy atom. The van der Waals surface area contributed by atoms with Crippen LogP contribution < -0.4 is 29.6 Å². The number of benzene rings is 1. The third-order valence-electron chi connectivity index (χ3n) is 1.50. The predicted molar refractivity (Wildman–Crippen MR) is 53.5 cm³/mol. The van der Waals surface area contributed by atoms with Gasteiger partial charge in [-0.1, -0.05) is 18.2 Å². The Morgan fingerprint density at radius 3 is 1.44 bits per heavy atom. The van der Waals surface area contributed by atoms with Crippen LogP contribution in [0.25, 0.3) is 0 Å². The van der Waals surface area contributed by atoms with E-state index in [4.69, 9.17) is 15.3 Å². The first kappa shape index (κ1) is 18.6. The van der Waals surface area contributed by atoms with Gasteiger partial charge in [0.1, 0.15) is 15.4 Å². The average Bonchev–Trinajstić information content (AvgIpc) is 2.17. The Balaban J connectivity index is 0. The van der Waals surface area contributed by atoms with E-state index in [1.54, 1.807) is 6.07 Å². The van der Waals surface area contributed by atoms with Gasteiger partial charge in [-0.3, -0.25) is 20.2 Å². The number of rotatable bonds is 3. The topological polar surface area (TPSA) is 152 Å². The molecule has 1 aromatic rings. The summed E-state index contributed by atoms with van der Waals surface area (Å²) in [4.78, 5) is 27.0. The fraction of sp³-hybridized carbons (Fsp3) is 0.143. The molecule has 0 bridgehead atoms. The van der Waals surface area contributed by atoms with Gasteiger partial charge in [0.25, 0.3) is 0 Å². The summed E-state index contributed by atoms with van der Waals surface area (Å²) in [5, 5.41) is 35.4. The van der Waals surface area contributed by atoms with Crippen LogP contribution >= 0.6 is 0 Å². The van der Waals surface area contributed by atoms with Crippen molar-refractivity contribution in [2.75, 3.05) is 0 Å². The Kier molecular flexibility index (Phi) is 9.57. The van der Waals surface area contributed by atoms with E-state index in [1.807, 2.05) is 0 Å². The molecular formula is C7H6N3NaO7. The summed E-state index contributed by atoms with van der Waals surface area (Å²) in [6.45, 7) is 0. The molecule has 0 atom stereocenters. The normalized spacial score (nSPS) is 8.50. The van der Waals surface area contributed by atoms with Crippen molar-refractivity contribution in [3.8, 4) is 0 Å². The summed E-state index contributed by atoms with van der Waals surface area (Å²) in [5.74, 6) is 0. The fourth-order valence-corrected chi connectivity index (χ4v) is 0.946. The van der Waals surface area contributed by atoms with Gasteiger partial charge in [0.2, 0.25) is 0 Å². The van der Waals surface area contributed by atoms with Crippen molar-refractivity contribution in [1.82, 2.24) is 0 Å². The van der Waals surface area contributed by atoms with Crippen LogP contribution in [0.4, 0.5) is 0 Å². The van der Waals surface area contributed by atoms with Crippen molar-refractivity contribution >= 4 is 0 Å². The van der Waals surface area contributed by atoms with Crippen LogP contribution in [0, 0.1) is 35.6 Å². The molecule has 0 aliphatic carbocycles. The summed E-state index contributed by atoms with van der Waals surface area (Å²) in [6, 6.07) is 7.40. The second-order valence-electron chi connectivity index (χ2n) is 2.58. The summed E-state index contributed by atoms with van der Waals surface area (Å²) in [6.07, 6.45) is -1.86. The number of nitrogens with zero attached hydrogens (tertiary/aromatic N) is 3. The molecule has 1 aromatic carbocycles. The molecule has 0 fully saturated rings. The average molecular weight is 267 g/mol. The Bertz CT molecular complexity index is 395. The number of hydrogen-bond donors (Lipinski definition) is 0. The first-order chi connectivity index (χ1) is 7.86. The molecule has 11 heteroatoms. The SMILES string of the molecule is O=[N+]([O-])C(c1ccccc1)[N+](=O)[O-].O=[N+]([O-])[O-].[Na+]. The van der Waals surface area contributed by atoms with E-state index in [0.29, 0.717) is 0 Å². The predicted octanol–water partition coefficient (Wildman–Crippen LogP) is -2.00. The molecule has 0 saturated carbocycles. The van der Waals surface area contributed by atoms with Crippen molar-refractivity contribution < 1.29 is 44.5 Å². The van der Waals surface area contributed by atoms with Crippen molar-refractivity contribution in [3.05, 3.63) is 71.4 Å². The third-order valence-corrected chi connectivity index (χ3v) is 1.50. The molecule has 1 rings (SSSR count). The van der Waals surface area contributed by atoms with Gasteiger partial charge in [-0.25, -0.2) is 0 Å². The van der Waals surface area contributed by atoms with E-state index in [9.17, 15) is 20.2 Å². The van der Waals surface area contributed by atoms with E-state index in [2.05, 4.69) is 0 Å². The third kappa shape index (κ3) is 7.49. The maximum Gasteiger partial charge on any atom is 1.00 e. The molecule has 0 aliphatic rings. The largest absolute Gasteiger partial charge is 1.00 e. The minimum atomic E-state index is -1.86. The molecule has 92 valence electrons. The molecule has 10 nitrogen and oxygen atoms in total. The summed E-state index contributed by atoms with van der Waals surface area (Å²) >= 11 is 0. The van der Waals surface area contributed by atoms with Crippen LogP contribution in [0.5, 0.6) is 0 Å². The molecule has 0 aliphatic heterocycles. The zero-order valence-electron chi connectivity index (χ0n) is 9.16. The zero-order valence-corrected chi connectivity index (χ0v) is 11.2. The summed E-state index contributed by atoms with van der Waals surface area (Å²) < 4.78 is 0. The molecule has 18 heavy (non-hydrogen) atoms. The van der Waals surface area contributed by atoms with E-state index in [-0.39, 0.29) is 35.1 Å². The molecule has 0 radical (unpaired) electrons. The molecule has 0 N–H and O–H groups in total. The van der Waals surface area contributed by atoms with Crippen LogP contribution in [0.15, 0.2) is 30.3 Å². The van der Waals surface area contributed by atoms with Crippen molar-refractivity contribution in [1.29, 1.82) is 0 Å². The Morgan fingerprint density at radius 1 is 0.833 bits per heavy atom. The molecule has 0 amide bonds. The van der Waals surface area contributed by atoms with Gasteiger partial charge in [0, 0.05) is 0 Å². The van der Waals surface area contributed by atoms with Gasteiger partial charge in [-0.05, 0) is 12.1 Å². The first-order valence-electron chi connectivity index (χ1n) is 3.99. The maximum atomic E-state index is 10.3. The van der Waals surface area contributed by atoms with Crippen molar-refractivity contribution in [2.24, 2.45) is 0 Å².